The average Bonchev–Trinajstić information content (AvgIpc) is 3.00. The van der Waals surface area contributed by atoms with E-state index >= 15 is 0 Å². The van der Waals surface area contributed by atoms with E-state index in [0.29, 0.717) is 5.82 Å². The summed E-state index contributed by atoms with van der Waals surface area (Å²) in [4.78, 5) is 20.9. The third-order valence-electron chi connectivity index (χ3n) is 4.60. The zero-order chi connectivity index (χ0) is 19.0. The largest absolute Gasteiger partial charge is 0.331 e. The molecular formula is C21H17FN4O. The molecule has 0 bridgehead atoms. The summed E-state index contributed by atoms with van der Waals surface area (Å²) >= 11 is 0. The van der Waals surface area contributed by atoms with Crippen LogP contribution in [0.3, 0.4) is 0 Å². The zero-order valence-electron chi connectivity index (χ0n) is 14.9. The summed E-state index contributed by atoms with van der Waals surface area (Å²) in [6, 6.07) is 13.6. The number of anilines is 1. The molecule has 2 heterocycles. The van der Waals surface area contributed by atoms with Gasteiger partial charge in [0.25, 0.3) is 5.91 Å². The number of fused-ring (bicyclic) bond motifs is 1. The van der Waals surface area contributed by atoms with Gasteiger partial charge in [0.05, 0.1) is 17.5 Å². The average molecular weight is 360 g/mol. The van der Waals surface area contributed by atoms with Gasteiger partial charge in [-0.1, -0.05) is 24.3 Å². The highest BCUT2D eigenvalue weighted by Crippen LogP contribution is 2.26. The lowest BCUT2D eigenvalue weighted by Gasteiger charge is -2.08. The molecule has 0 unspecified atom stereocenters. The van der Waals surface area contributed by atoms with Gasteiger partial charge in [-0.2, -0.15) is 0 Å². The molecule has 134 valence electrons. The third kappa shape index (κ3) is 3.17. The van der Waals surface area contributed by atoms with Crippen LogP contribution in [0.2, 0.25) is 0 Å². The molecule has 0 fully saturated rings. The molecule has 2 aromatic carbocycles. The number of aromatic nitrogens is 3. The Kier molecular flexibility index (Phi) is 4.16. The van der Waals surface area contributed by atoms with E-state index in [-0.39, 0.29) is 5.56 Å². The van der Waals surface area contributed by atoms with Crippen LogP contribution in [0.4, 0.5) is 10.2 Å². The number of carbonyl (C=O) groups is 1. The monoisotopic (exact) mass is 360 g/mol. The number of hydrogen-bond donors (Lipinski definition) is 1. The maximum atomic E-state index is 13.8. The van der Waals surface area contributed by atoms with Gasteiger partial charge in [0, 0.05) is 24.2 Å². The molecule has 0 atom stereocenters. The number of rotatable bonds is 3. The predicted octanol–water partition coefficient (Wildman–Crippen LogP) is 4.34. The fraction of sp³-hybridized carbons (Fsp3) is 0.0952. The Balaban J connectivity index is 1.68. The van der Waals surface area contributed by atoms with Gasteiger partial charge in [-0.15, -0.1) is 0 Å². The molecule has 1 amide bonds. The normalized spacial score (nSPS) is 10.9. The molecule has 6 heteroatoms. The number of amides is 1. The SMILES string of the molecule is Cc1ncc(-c2ccc3cnc(NC(=O)c4ccccc4F)cc3c2)n1C. The first-order valence-electron chi connectivity index (χ1n) is 8.47. The van der Waals surface area contributed by atoms with Crippen LogP contribution in [0.1, 0.15) is 16.2 Å². The molecule has 1 N–H and O–H groups in total. The summed E-state index contributed by atoms with van der Waals surface area (Å²) in [5.74, 6) is 0.203. The topological polar surface area (TPSA) is 59.8 Å². The number of nitrogens with zero attached hydrogens (tertiary/aromatic N) is 3. The van der Waals surface area contributed by atoms with Crippen LogP contribution in [0, 0.1) is 12.7 Å². The predicted molar refractivity (Wildman–Crippen MR) is 103 cm³/mol. The molecule has 0 saturated heterocycles. The first-order chi connectivity index (χ1) is 13.0. The lowest BCUT2D eigenvalue weighted by molar-refractivity contribution is 0.102. The molecule has 4 aromatic rings. The Bertz CT molecular complexity index is 1170. The van der Waals surface area contributed by atoms with Crippen molar-refractivity contribution in [1.29, 1.82) is 0 Å². The second-order valence-electron chi connectivity index (χ2n) is 6.32. The molecule has 2 aromatic heterocycles. The van der Waals surface area contributed by atoms with E-state index in [9.17, 15) is 9.18 Å². The summed E-state index contributed by atoms with van der Waals surface area (Å²) in [5.41, 5.74) is 2.00. The van der Waals surface area contributed by atoms with E-state index in [0.717, 1.165) is 27.9 Å². The van der Waals surface area contributed by atoms with Crippen molar-refractivity contribution in [2.24, 2.45) is 7.05 Å². The molecular weight excluding hydrogens is 343 g/mol. The second-order valence-corrected chi connectivity index (χ2v) is 6.32. The van der Waals surface area contributed by atoms with Gasteiger partial charge in [0.2, 0.25) is 0 Å². The van der Waals surface area contributed by atoms with Crippen LogP contribution in [-0.2, 0) is 7.05 Å². The van der Waals surface area contributed by atoms with Crippen LogP contribution < -0.4 is 5.32 Å². The molecule has 0 aliphatic rings. The Morgan fingerprint density at radius 3 is 2.59 bits per heavy atom. The molecule has 0 spiro atoms. The second kappa shape index (κ2) is 6.64. The quantitative estimate of drug-likeness (QED) is 0.591. The summed E-state index contributed by atoms with van der Waals surface area (Å²) < 4.78 is 15.8. The Morgan fingerprint density at radius 2 is 1.85 bits per heavy atom. The van der Waals surface area contributed by atoms with E-state index in [4.69, 9.17) is 0 Å². The summed E-state index contributed by atoms with van der Waals surface area (Å²) in [7, 11) is 1.97. The third-order valence-corrected chi connectivity index (χ3v) is 4.60. The van der Waals surface area contributed by atoms with E-state index in [2.05, 4.69) is 15.3 Å². The summed E-state index contributed by atoms with van der Waals surface area (Å²) in [5, 5.41) is 4.53. The van der Waals surface area contributed by atoms with Gasteiger partial charge < -0.3 is 9.88 Å². The maximum absolute atomic E-state index is 13.8. The van der Waals surface area contributed by atoms with Gasteiger partial charge >= 0.3 is 0 Å². The van der Waals surface area contributed by atoms with E-state index in [1.54, 1.807) is 24.4 Å². The highest BCUT2D eigenvalue weighted by atomic mass is 19.1. The zero-order valence-corrected chi connectivity index (χ0v) is 14.9. The molecule has 0 aliphatic heterocycles. The number of carbonyl (C=O) groups excluding carboxylic acids is 1. The van der Waals surface area contributed by atoms with Crippen molar-refractivity contribution < 1.29 is 9.18 Å². The minimum Gasteiger partial charge on any atom is -0.331 e. The fourth-order valence-corrected chi connectivity index (χ4v) is 2.97. The van der Waals surface area contributed by atoms with Crippen LogP contribution >= 0.6 is 0 Å². The lowest BCUT2D eigenvalue weighted by atomic mass is 10.1. The van der Waals surface area contributed by atoms with Crippen LogP contribution in [0.5, 0.6) is 0 Å². The number of hydrogen-bond acceptors (Lipinski definition) is 3. The van der Waals surface area contributed by atoms with Gasteiger partial charge in [-0.05, 0) is 36.6 Å². The fourth-order valence-electron chi connectivity index (χ4n) is 2.97. The first kappa shape index (κ1) is 16.9. The van der Waals surface area contributed by atoms with Gasteiger partial charge in [-0.3, -0.25) is 4.79 Å². The molecule has 4 rings (SSSR count). The lowest BCUT2D eigenvalue weighted by Crippen LogP contribution is -2.14. The molecule has 0 saturated carbocycles. The van der Waals surface area contributed by atoms with Crippen molar-refractivity contribution in [3.63, 3.8) is 0 Å². The number of nitrogens with one attached hydrogen (secondary N) is 1. The van der Waals surface area contributed by atoms with Crippen molar-refractivity contribution in [3.8, 4) is 11.3 Å². The highest BCUT2D eigenvalue weighted by molar-refractivity contribution is 6.04. The maximum Gasteiger partial charge on any atom is 0.259 e. The highest BCUT2D eigenvalue weighted by Gasteiger charge is 2.12. The summed E-state index contributed by atoms with van der Waals surface area (Å²) in [6.45, 7) is 1.95. The van der Waals surface area contributed by atoms with Crippen molar-refractivity contribution in [2.45, 2.75) is 6.92 Å². The molecule has 0 aliphatic carbocycles. The number of benzene rings is 2. The minimum atomic E-state index is -0.565. The van der Waals surface area contributed by atoms with Crippen LogP contribution in [0.25, 0.3) is 22.0 Å². The minimum absolute atomic E-state index is 0.0153. The molecule has 0 radical (unpaired) electrons. The van der Waals surface area contributed by atoms with Crippen LogP contribution in [-0.4, -0.2) is 20.4 Å². The molecule has 5 nitrogen and oxygen atoms in total. The van der Waals surface area contributed by atoms with Gasteiger partial charge in [0.15, 0.2) is 0 Å². The first-order valence-corrected chi connectivity index (χ1v) is 8.47. The van der Waals surface area contributed by atoms with E-state index < -0.39 is 11.7 Å². The Labute approximate surface area is 155 Å². The standard InChI is InChI=1S/C21H17FN4O/c1-13-23-12-19(26(13)2)14-7-8-15-11-24-20(10-16(15)9-14)25-21(27)17-5-3-4-6-18(17)22/h3-12H,1-2H3,(H,24,25,27). The summed E-state index contributed by atoms with van der Waals surface area (Å²) in [6.07, 6.45) is 3.52. The smallest absolute Gasteiger partial charge is 0.259 e. The molecule has 27 heavy (non-hydrogen) atoms. The van der Waals surface area contributed by atoms with Crippen LogP contribution in [0.15, 0.2) is 60.9 Å². The number of pyridine rings is 1. The van der Waals surface area contributed by atoms with E-state index in [1.165, 1.54) is 12.1 Å². The Hall–Kier alpha value is -3.54. The van der Waals surface area contributed by atoms with Crippen molar-refractivity contribution in [2.75, 3.05) is 5.32 Å². The van der Waals surface area contributed by atoms with Crippen molar-refractivity contribution in [1.82, 2.24) is 14.5 Å². The number of halogens is 1. The van der Waals surface area contributed by atoms with E-state index in [1.807, 2.05) is 42.9 Å². The van der Waals surface area contributed by atoms with Gasteiger partial charge in [-0.25, -0.2) is 14.4 Å². The van der Waals surface area contributed by atoms with Crippen molar-refractivity contribution in [3.05, 3.63) is 78.1 Å². The Morgan fingerprint density at radius 1 is 1.04 bits per heavy atom. The number of imidazole rings is 1. The van der Waals surface area contributed by atoms with Crippen molar-refractivity contribution >= 4 is 22.5 Å². The van der Waals surface area contributed by atoms with Gasteiger partial charge in [0.1, 0.15) is 17.5 Å². The number of aryl methyl sites for hydroxylation is 1.